The van der Waals surface area contributed by atoms with Crippen molar-refractivity contribution in [3.8, 4) is 11.5 Å². The van der Waals surface area contributed by atoms with E-state index in [9.17, 15) is 0 Å². The molecule has 1 aromatic carbocycles. The Morgan fingerprint density at radius 3 is 2.20 bits per heavy atom. The fourth-order valence-electron chi connectivity index (χ4n) is 1.83. The van der Waals surface area contributed by atoms with Crippen LogP contribution in [0.15, 0.2) is 18.2 Å². The molecule has 1 heterocycles. The van der Waals surface area contributed by atoms with Gasteiger partial charge in [-0.15, -0.1) is 0 Å². The normalized spacial score (nSPS) is 18.7. The minimum Gasteiger partial charge on any atom is -0.487 e. The highest BCUT2D eigenvalue weighted by molar-refractivity contribution is 5.43. The van der Waals surface area contributed by atoms with E-state index in [2.05, 4.69) is 0 Å². The van der Waals surface area contributed by atoms with Crippen LogP contribution in [0.5, 0.6) is 11.5 Å². The molecule has 0 bridgehead atoms. The molecule has 1 aromatic rings. The maximum atomic E-state index is 5.71. The fourth-order valence-corrected chi connectivity index (χ4v) is 1.83. The van der Waals surface area contributed by atoms with Crippen molar-refractivity contribution in [2.24, 2.45) is 5.90 Å². The second-order valence-electron chi connectivity index (χ2n) is 4.41. The van der Waals surface area contributed by atoms with Crippen LogP contribution in [-0.2, 0) is 14.3 Å². The zero-order chi connectivity index (χ0) is 14.2. The van der Waals surface area contributed by atoms with Crippen molar-refractivity contribution in [2.45, 2.75) is 13.0 Å². The maximum absolute atomic E-state index is 5.71. The highest BCUT2D eigenvalue weighted by Crippen LogP contribution is 2.31. The van der Waals surface area contributed by atoms with E-state index in [1.54, 1.807) is 0 Å². The molecule has 0 fully saturated rings. The number of hydrogen-bond acceptors (Lipinski definition) is 6. The first kappa shape index (κ1) is 15.1. The van der Waals surface area contributed by atoms with Gasteiger partial charge in [0.1, 0.15) is 19.3 Å². The van der Waals surface area contributed by atoms with Gasteiger partial charge in [-0.3, -0.25) is 4.84 Å². The van der Waals surface area contributed by atoms with E-state index in [1.807, 2.05) is 25.1 Å². The van der Waals surface area contributed by atoms with Gasteiger partial charge in [-0.2, -0.15) is 0 Å². The van der Waals surface area contributed by atoms with Crippen molar-refractivity contribution in [2.75, 3.05) is 39.6 Å². The summed E-state index contributed by atoms with van der Waals surface area (Å²) in [5.41, 5.74) is 0.930. The summed E-state index contributed by atoms with van der Waals surface area (Å²) in [6.07, 6.45) is -0.204. The zero-order valence-electron chi connectivity index (χ0n) is 11.7. The van der Waals surface area contributed by atoms with Crippen LogP contribution < -0.4 is 15.4 Å². The van der Waals surface area contributed by atoms with Crippen molar-refractivity contribution in [3.63, 3.8) is 0 Å². The van der Waals surface area contributed by atoms with Gasteiger partial charge in [0, 0.05) is 0 Å². The molecule has 2 rings (SSSR count). The lowest BCUT2D eigenvalue weighted by Gasteiger charge is -2.17. The maximum Gasteiger partial charge on any atom is 0.161 e. The van der Waals surface area contributed by atoms with Gasteiger partial charge in [-0.25, -0.2) is 5.90 Å². The second-order valence-corrected chi connectivity index (χ2v) is 4.41. The first-order valence-electron chi connectivity index (χ1n) is 6.72. The fraction of sp³-hybridized carbons (Fsp3) is 0.571. The third-order valence-electron chi connectivity index (χ3n) is 2.98. The van der Waals surface area contributed by atoms with Crippen LogP contribution in [0.3, 0.4) is 0 Å². The van der Waals surface area contributed by atoms with Gasteiger partial charge >= 0.3 is 0 Å². The molecule has 6 heteroatoms. The first-order valence-corrected chi connectivity index (χ1v) is 6.72. The minimum atomic E-state index is -0.204. The van der Waals surface area contributed by atoms with Gasteiger partial charge in [0.2, 0.25) is 0 Å². The van der Waals surface area contributed by atoms with Gasteiger partial charge in [0.15, 0.2) is 11.5 Å². The number of nitrogens with two attached hydrogens (primary N) is 1. The second kappa shape index (κ2) is 8.06. The number of ether oxygens (including phenoxy) is 4. The summed E-state index contributed by atoms with van der Waals surface area (Å²) in [5.74, 6) is 6.56. The monoisotopic (exact) mass is 283 g/mol. The summed E-state index contributed by atoms with van der Waals surface area (Å²) in [5, 5.41) is 0. The molecule has 2 N–H and O–H groups in total. The standard InChI is InChI=1S/C14H21NO5/c1-11(20-15)12-2-3-13-14(10-12)19-9-7-17-5-4-16-6-8-18-13/h2-3,10-11H,4-9,15H2,1H3. The number of rotatable bonds is 2. The van der Waals surface area contributed by atoms with E-state index in [4.69, 9.17) is 29.7 Å². The molecule has 1 aliphatic heterocycles. The Labute approximate surface area is 118 Å². The molecule has 0 saturated carbocycles. The van der Waals surface area contributed by atoms with Crippen LogP contribution in [0.25, 0.3) is 0 Å². The van der Waals surface area contributed by atoms with Crippen molar-refractivity contribution in [1.82, 2.24) is 0 Å². The molecule has 0 spiro atoms. The molecule has 1 unspecified atom stereocenters. The quantitative estimate of drug-likeness (QED) is 0.828. The lowest BCUT2D eigenvalue weighted by molar-refractivity contribution is 0.0222. The highest BCUT2D eigenvalue weighted by atomic mass is 16.6. The highest BCUT2D eigenvalue weighted by Gasteiger charge is 2.12. The molecular weight excluding hydrogens is 262 g/mol. The minimum absolute atomic E-state index is 0.204. The van der Waals surface area contributed by atoms with Crippen LogP contribution in [0, 0.1) is 0 Å². The molecular formula is C14H21NO5. The average Bonchev–Trinajstić information content (AvgIpc) is 2.47. The third-order valence-corrected chi connectivity index (χ3v) is 2.98. The topological polar surface area (TPSA) is 72.2 Å². The summed E-state index contributed by atoms with van der Waals surface area (Å²) in [7, 11) is 0. The van der Waals surface area contributed by atoms with Crippen LogP contribution in [0.4, 0.5) is 0 Å². The molecule has 0 aromatic heterocycles. The Hall–Kier alpha value is -1.34. The number of fused-ring (bicyclic) bond motifs is 1. The van der Waals surface area contributed by atoms with Gasteiger partial charge in [-0.05, 0) is 24.6 Å². The Balaban J connectivity index is 2.11. The summed E-state index contributed by atoms with van der Waals surface area (Å²) in [6.45, 7) is 4.96. The molecule has 6 nitrogen and oxygen atoms in total. The van der Waals surface area contributed by atoms with Gasteiger partial charge < -0.3 is 18.9 Å². The number of hydrogen-bond donors (Lipinski definition) is 1. The molecule has 1 aliphatic rings. The Morgan fingerprint density at radius 1 is 0.950 bits per heavy atom. The molecule has 1 atom stereocenters. The van der Waals surface area contributed by atoms with Crippen LogP contribution in [0.2, 0.25) is 0 Å². The first-order chi connectivity index (χ1) is 9.81. The summed E-state index contributed by atoms with van der Waals surface area (Å²) < 4.78 is 22.1. The van der Waals surface area contributed by atoms with Crippen LogP contribution >= 0.6 is 0 Å². The Morgan fingerprint density at radius 2 is 1.55 bits per heavy atom. The number of benzene rings is 1. The van der Waals surface area contributed by atoms with Crippen molar-refractivity contribution in [1.29, 1.82) is 0 Å². The van der Waals surface area contributed by atoms with Crippen molar-refractivity contribution >= 4 is 0 Å². The zero-order valence-corrected chi connectivity index (χ0v) is 11.7. The molecule has 0 radical (unpaired) electrons. The summed E-state index contributed by atoms with van der Waals surface area (Å²) >= 11 is 0. The molecule has 112 valence electrons. The molecule has 0 aliphatic carbocycles. The smallest absolute Gasteiger partial charge is 0.161 e. The molecule has 0 amide bonds. The van der Waals surface area contributed by atoms with E-state index < -0.39 is 0 Å². The molecule has 0 saturated heterocycles. The van der Waals surface area contributed by atoms with E-state index in [-0.39, 0.29) is 6.10 Å². The van der Waals surface area contributed by atoms with E-state index in [1.165, 1.54) is 0 Å². The molecule has 20 heavy (non-hydrogen) atoms. The largest absolute Gasteiger partial charge is 0.487 e. The van der Waals surface area contributed by atoms with Crippen molar-refractivity contribution < 1.29 is 23.8 Å². The van der Waals surface area contributed by atoms with Crippen LogP contribution in [-0.4, -0.2) is 39.6 Å². The van der Waals surface area contributed by atoms with E-state index in [0.29, 0.717) is 51.1 Å². The van der Waals surface area contributed by atoms with E-state index >= 15 is 0 Å². The SMILES string of the molecule is CC(ON)c1ccc2c(c1)OCCOCCOCCO2. The van der Waals surface area contributed by atoms with Crippen LogP contribution in [0.1, 0.15) is 18.6 Å². The van der Waals surface area contributed by atoms with E-state index in [0.717, 1.165) is 5.56 Å². The van der Waals surface area contributed by atoms with Gasteiger partial charge in [-0.1, -0.05) is 6.07 Å². The summed E-state index contributed by atoms with van der Waals surface area (Å²) in [4.78, 5) is 4.82. The van der Waals surface area contributed by atoms with Crippen molar-refractivity contribution in [3.05, 3.63) is 23.8 Å². The lowest BCUT2D eigenvalue weighted by Crippen LogP contribution is -2.16. The van der Waals surface area contributed by atoms with Gasteiger partial charge in [0.05, 0.1) is 26.4 Å². The Bertz CT molecular complexity index is 413. The summed E-state index contributed by atoms with van der Waals surface area (Å²) in [6, 6.07) is 5.63. The van der Waals surface area contributed by atoms with Gasteiger partial charge in [0.25, 0.3) is 0 Å². The predicted octanol–water partition coefficient (Wildman–Crippen LogP) is 1.44. The Kier molecular flexibility index (Phi) is 6.07. The lowest BCUT2D eigenvalue weighted by atomic mass is 10.1. The average molecular weight is 283 g/mol. The predicted molar refractivity (Wildman–Crippen MR) is 72.8 cm³/mol. The third kappa shape index (κ3) is 4.35.